The third-order valence-electron chi connectivity index (χ3n) is 7.74. The molecule has 0 radical (unpaired) electrons. The molecule has 0 fully saturated rings. The van der Waals surface area contributed by atoms with E-state index in [0.717, 1.165) is 62.4 Å². The van der Waals surface area contributed by atoms with E-state index in [4.69, 9.17) is 4.74 Å². The number of fused-ring (bicyclic) bond motifs is 1. The van der Waals surface area contributed by atoms with E-state index >= 15 is 0 Å². The summed E-state index contributed by atoms with van der Waals surface area (Å²) in [5.41, 5.74) is -0.600. The van der Waals surface area contributed by atoms with E-state index in [2.05, 4.69) is 20.1 Å². The number of carbonyl (C=O) groups excluding carboxylic acids is 2. The number of esters is 2. The molecule has 1 N–H and O–H groups in total. The molecule has 0 spiro atoms. The second-order valence-electron chi connectivity index (χ2n) is 11.5. The van der Waals surface area contributed by atoms with Crippen LogP contribution in [-0.2, 0) is 46.1 Å². The average molecular weight is 652 g/mol. The Morgan fingerprint density at radius 1 is 1.09 bits per heavy atom. The first-order chi connectivity index (χ1) is 21.5. The highest BCUT2D eigenvalue weighted by Gasteiger charge is 2.49. The number of aromatic nitrogens is 3. The van der Waals surface area contributed by atoms with E-state index in [1.165, 1.54) is 16.8 Å². The number of hydrogen-bond acceptors (Lipinski definition) is 8. The summed E-state index contributed by atoms with van der Waals surface area (Å²) in [6.07, 6.45) is -8.71. The Hall–Kier alpha value is -4.61. The fourth-order valence-electron chi connectivity index (χ4n) is 4.95. The number of nitriles is 1. The van der Waals surface area contributed by atoms with Gasteiger partial charge in [-0.25, -0.2) is 14.5 Å². The number of nitrogens with zero attached hydrogens (tertiary/aromatic N) is 4. The number of alkyl halides is 6. The summed E-state index contributed by atoms with van der Waals surface area (Å²) in [6.45, 7) is 2.89. The van der Waals surface area contributed by atoms with Crippen molar-refractivity contribution < 1.29 is 45.4 Å². The van der Waals surface area contributed by atoms with Gasteiger partial charge >= 0.3 is 24.3 Å². The van der Waals surface area contributed by atoms with E-state index in [1.54, 1.807) is 13.1 Å². The molecule has 0 bridgehead atoms. The van der Waals surface area contributed by atoms with Crippen LogP contribution in [0.15, 0.2) is 36.4 Å². The topological polar surface area (TPSA) is 119 Å². The standard InChI is InChI=1S/C31H31F6N5O4/c1-29(2,31(35,36)37)22-12-18(17-38)11-20(13-22)21(15-26(43)46-28(44)30(32,33)34)14-24-16-25(42(3)41-24)45-10-8-23-7-6-19-5-4-9-39-27(19)40-23/h6-7,11-13,16,21H,4-5,8-10,14-15H2,1-3H3,(H,39,40). The van der Waals surface area contributed by atoms with E-state index in [9.17, 15) is 41.2 Å². The van der Waals surface area contributed by atoms with Crippen molar-refractivity contribution in [2.24, 2.45) is 7.05 Å². The number of nitrogens with one attached hydrogen (secondary N) is 1. The Balaban J connectivity index is 1.57. The quantitative estimate of drug-likeness (QED) is 0.165. The molecular weight excluding hydrogens is 620 g/mol. The van der Waals surface area contributed by atoms with Gasteiger partial charge in [-0.2, -0.15) is 36.7 Å². The SMILES string of the molecule is Cn1nc(CC(CC(=O)OC(=O)C(F)(F)F)c2cc(C#N)cc(C(C)(C)C(F)(F)F)c2)cc1OCCc1ccc2c(n1)NCCC2. The highest BCUT2D eigenvalue weighted by molar-refractivity contribution is 5.88. The molecule has 9 nitrogen and oxygen atoms in total. The van der Waals surface area contributed by atoms with Crippen molar-refractivity contribution in [3.8, 4) is 11.9 Å². The predicted molar refractivity (Wildman–Crippen MR) is 152 cm³/mol. The normalized spacial score (nSPS) is 14.1. The molecule has 4 rings (SSSR count). The molecule has 15 heteroatoms. The maximum Gasteiger partial charge on any atom is 0.491 e. The van der Waals surface area contributed by atoms with E-state index < -0.39 is 42.0 Å². The largest absolute Gasteiger partial charge is 0.491 e. The zero-order valence-electron chi connectivity index (χ0n) is 25.2. The number of anilines is 1. The lowest BCUT2D eigenvalue weighted by atomic mass is 9.80. The summed E-state index contributed by atoms with van der Waals surface area (Å²) in [5.74, 6) is -4.25. The molecule has 3 heterocycles. The predicted octanol–water partition coefficient (Wildman–Crippen LogP) is 5.85. The van der Waals surface area contributed by atoms with Crippen LogP contribution >= 0.6 is 0 Å². The third kappa shape index (κ3) is 8.15. The van der Waals surface area contributed by atoms with E-state index in [1.807, 2.05) is 12.1 Å². The van der Waals surface area contributed by atoms with Gasteiger partial charge in [0, 0.05) is 31.8 Å². The molecule has 0 saturated carbocycles. The van der Waals surface area contributed by atoms with Gasteiger partial charge in [0.1, 0.15) is 5.82 Å². The van der Waals surface area contributed by atoms with Gasteiger partial charge in [0.05, 0.1) is 35.8 Å². The Labute approximate surface area is 260 Å². The first kappa shape index (κ1) is 34.3. The van der Waals surface area contributed by atoms with Crippen LogP contribution in [0.1, 0.15) is 66.2 Å². The lowest BCUT2D eigenvalue weighted by Gasteiger charge is -2.29. The molecule has 1 unspecified atom stereocenters. The van der Waals surface area contributed by atoms with Crippen LogP contribution < -0.4 is 10.1 Å². The van der Waals surface area contributed by atoms with Gasteiger partial charge in [-0.05, 0) is 73.9 Å². The van der Waals surface area contributed by atoms with Crippen LogP contribution in [-0.4, -0.2) is 52.2 Å². The van der Waals surface area contributed by atoms with Crippen LogP contribution in [0.25, 0.3) is 0 Å². The summed E-state index contributed by atoms with van der Waals surface area (Å²) < 4.78 is 91.1. The molecule has 246 valence electrons. The van der Waals surface area contributed by atoms with Crippen LogP contribution in [0, 0.1) is 11.3 Å². The fourth-order valence-corrected chi connectivity index (χ4v) is 4.95. The summed E-state index contributed by atoms with van der Waals surface area (Å²) in [4.78, 5) is 28.4. The number of pyridine rings is 1. The van der Waals surface area contributed by atoms with E-state index in [0.29, 0.717) is 12.3 Å². The van der Waals surface area contributed by atoms with Gasteiger partial charge in [-0.15, -0.1) is 0 Å². The van der Waals surface area contributed by atoms with Gasteiger partial charge in [-0.1, -0.05) is 12.1 Å². The van der Waals surface area contributed by atoms with Gasteiger partial charge in [-0.3, -0.25) is 4.79 Å². The fraction of sp³-hybridized carbons (Fsp3) is 0.452. The highest BCUT2D eigenvalue weighted by Crippen LogP contribution is 2.42. The number of halogens is 6. The zero-order chi connectivity index (χ0) is 33.9. The minimum absolute atomic E-state index is 0.0444. The monoisotopic (exact) mass is 651 g/mol. The second kappa shape index (κ2) is 13.4. The van der Waals surface area contributed by atoms with Gasteiger partial charge < -0.3 is 14.8 Å². The van der Waals surface area contributed by atoms with Crippen molar-refractivity contribution in [2.45, 2.75) is 69.6 Å². The summed E-state index contributed by atoms with van der Waals surface area (Å²) >= 11 is 0. The maximum atomic E-state index is 13.9. The second-order valence-corrected chi connectivity index (χ2v) is 11.5. The zero-order valence-corrected chi connectivity index (χ0v) is 25.2. The van der Waals surface area contributed by atoms with Crippen molar-refractivity contribution in [3.05, 3.63) is 70.0 Å². The molecule has 1 aromatic carbocycles. The number of rotatable bonds is 10. The number of carbonyl (C=O) groups is 2. The van der Waals surface area contributed by atoms with Gasteiger partial charge in [0.2, 0.25) is 5.88 Å². The van der Waals surface area contributed by atoms with Crippen molar-refractivity contribution in [1.82, 2.24) is 14.8 Å². The lowest BCUT2D eigenvalue weighted by molar-refractivity contribution is -0.202. The lowest BCUT2D eigenvalue weighted by Crippen LogP contribution is -2.36. The average Bonchev–Trinajstić information content (AvgIpc) is 3.33. The number of benzene rings is 1. The first-order valence-electron chi connectivity index (χ1n) is 14.3. The van der Waals surface area contributed by atoms with Gasteiger partial charge in [0.25, 0.3) is 0 Å². The first-order valence-corrected chi connectivity index (χ1v) is 14.3. The number of hydrogen-bond donors (Lipinski definition) is 1. The number of ether oxygens (including phenoxy) is 2. The molecule has 0 saturated heterocycles. The Morgan fingerprint density at radius 2 is 1.83 bits per heavy atom. The Morgan fingerprint density at radius 3 is 2.50 bits per heavy atom. The van der Waals surface area contributed by atoms with E-state index in [-0.39, 0.29) is 35.4 Å². The highest BCUT2D eigenvalue weighted by atomic mass is 19.4. The Bertz CT molecular complexity index is 1640. The number of aryl methyl sites for hydroxylation is 2. The smallest absolute Gasteiger partial charge is 0.477 e. The maximum absolute atomic E-state index is 13.9. The summed E-state index contributed by atoms with van der Waals surface area (Å²) in [5, 5.41) is 17.2. The molecule has 0 aliphatic carbocycles. The van der Waals surface area contributed by atoms with Crippen LogP contribution in [0.4, 0.5) is 32.2 Å². The van der Waals surface area contributed by atoms with Crippen molar-refractivity contribution in [3.63, 3.8) is 0 Å². The van der Waals surface area contributed by atoms with Crippen molar-refractivity contribution >= 4 is 17.8 Å². The van der Waals surface area contributed by atoms with Gasteiger partial charge in [0.15, 0.2) is 0 Å². The van der Waals surface area contributed by atoms with Crippen molar-refractivity contribution in [1.29, 1.82) is 5.26 Å². The molecule has 2 aromatic heterocycles. The Kier molecular flexibility index (Phi) is 9.98. The molecule has 1 aliphatic heterocycles. The van der Waals surface area contributed by atoms with Crippen LogP contribution in [0.3, 0.4) is 0 Å². The molecule has 46 heavy (non-hydrogen) atoms. The summed E-state index contributed by atoms with van der Waals surface area (Å²) in [7, 11) is 1.57. The van der Waals surface area contributed by atoms with Crippen molar-refractivity contribution in [2.75, 3.05) is 18.5 Å². The minimum atomic E-state index is -5.44. The molecule has 1 atom stereocenters. The molecule has 3 aromatic rings. The van der Waals surface area contributed by atoms with Crippen LogP contribution in [0.5, 0.6) is 5.88 Å². The van der Waals surface area contributed by atoms with Crippen LogP contribution in [0.2, 0.25) is 0 Å². The molecular formula is C31H31F6N5O4. The minimum Gasteiger partial charge on any atom is -0.477 e. The molecule has 0 amide bonds. The third-order valence-corrected chi connectivity index (χ3v) is 7.74. The summed E-state index contributed by atoms with van der Waals surface area (Å²) in [6, 6.07) is 10.7. The molecule has 1 aliphatic rings.